The number of ether oxygens (including phenoxy) is 2. The minimum absolute atomic E-state index is 0.534. The maximum atomic E-state index is 6.32. The van der Waals surface area contributed by atoms with Gasteiger partial charge in [-0.05, 0) is 36.6 Å². The molecule has 0 saturated carbocycles. The molecule has 10 heteroatoms. The lowest BCUT2D eigenvalue weighted by atomic mass is 9.87. The predicted molar refractivity (Wildman–Crippen MR) is 151 cm³/mol. The summed E-state index contributed by atoms with van der Waals surface area (Å²) in [5, 5.41) is 8.05. The van der Waals surface area contributed by atoms with Crippen molar-refractivity contribution >= 4 is 22.7 Å². The van der Waals surface area contributed by atoms with E-state index in [1.807, 2.05) is 29.2 Å². The number of nitrogens with one attached hydrogen (secondary N) is 1. The van der Waals surface area contributed by atoms with Crippen LogP contribution in [0.1, 0.15) is 18.4 Å². The average molecular weight is 527 g/mol. The van der Waals surface area contributed by atoms with E-state index in [4.69, 9.17) is 20.2 Å². The molecule has 2 bridgehead atoms. The van der Waals surface area contributed by atoms with Gasteiger partial charge in [0.1, 0.15) is 5.82 Å². The molecule has 202 valence electrons. The first-order valence-electron chi connectivity index (χ1n) is 13.7. The maximum absolute atomic E-state index is 6.32. The molecule has 0 aromatic carbocycles. The van der Waals surface area contributed by atoms with Gasteiger partial charge in [0.15, 0.2) is 0 Å². The first-order chi connectivity index (χ1) is 19.1. The van der Waals surface area contributed by atoms with Crippen molar-refractivity contribution in [3.05, 3.63) is 60.7 Å². The van der Waals surface area contributed by atoms with Gasteiger partial charge in [0.25, 0.3) is 0 Å². The fraction of sp³-hybridized carbons (Fsp3) is 0.414. The molecule has 3 unspecified atom stereocenters. The van der Waals surface area contributed by atoms with Gasteiger partial charge < -0.3 is 25.4 Å². The second kappa shape index (κ2) is 10.0. The molecule has 4 aromatic heterocycles. The molecule has 0 spiro atoms. The topological polar surface area (TPSA) is 106 Å². The van der Waals surface area contributed by atoms with Crippen molar-refractivity contribution in [2.45, 2.75) is 31.5 Å². The molecule has 3 N–H and O–H groups in total. The lowest BCUT2D eigenvalue weighted by Gasteiger charge is -2.56. The number of nitrogen functional groups attached to an aromatic ring is 1. The van der Waals surface area contributed by atoms with Crippen molar-refractivity contribution in [1.29, 1.82) is 0 Å². The normalized spacial score (nSPS) is 22.7. The van der Waals surface area contributed by atoms with Crippen molar-refractivity contribution in [3.63, 3.8) is 0 Å². The highest BCUT2D eigenvalue weighted by molar-refractivity contribution is 5.90. The fourth-order valence-corrected chi connectivity index (χ4v) is 6.17. The largest absolute Gasteiger partial charge is 0.481 e. The minimum Gasteiger partial charge on any atom is -0.481 e. The van der Waals surface area contributed by atoms with Crippen molar-refractivity contribution in [2.24, 2.45) is 5.92 Å². The summed E-state index contributed by atoms with van der Waals surface area (Å²) in [6, 6.07) is 11.6. The van der Waals surface area contributed by atoms with Crippen LogP contribution in [-0.2, 0) is 11.3 Å². The van der Waals surface area contributed by atoms with Crippen LogP contribution in [0.15, 0.2) is 55.1 Å². The van der Waals surface area contributed by atoms with Gasteiger partial charge in [0.05, 0.1) is 43.0 Å². The molecule has 4 aliphatic heterocycles. The lowest BCUT2D eigenvalue weighted by Crippen LogP contribution is -2.68. The summed E-state index contributed by atoms with van der Waals surface area (Å²) in [6.45, 7) is 5.43. The van der Waals surface area contributed by atoms with Crippen LogP contribution in [0.2, 0.25) is 0 Å². The number of methoxy groups -OCH3 is 1. The average Bonchev–Trinajstić information content (AvgIpc) is 3.65. The molecule has 0 aliphatic carbocycles. The van der Waals surface area contributed by atoms with Gasteiger partial charge in [-0.1, -0.05) is 6.07 Å². The zero-order chi connectivity index (χ0) is 26.3. The number of aromatic nitrogens is 4. The van der Waals surface area contributed by atoms with E-state index in [1.54, 1.807) is 13.3 Å². The monoisotopic (exact) mass is 526 g/mol. The number of piperidine rings is 1. The molecule has 4 aliphatic rings. The van der Waals surface area contributed by atoms with Gasteiger partial charge in [-0.3, -0.25) is 4.90 Å². The van der Waals surface area contributed by atoms with Gasteiger partial charge in [0.2, 0.25) is 5.88 Å². The molecule has 10 nitrogen and oxygen atoms in total. The molecular formula is C29H34N8O2. The summed E-state index contributed by atoms with van der Waals surface area (Å²) in [4.78, 5) is 14.3. The Hall–Kier alpha value is -3.89. The van der Waals surface area contributed by atoms with Crippen LogP contribution in [0.4, 0.5) is 17.2 Å². The van der Waals surface area contributed by atoms with E-state index < -0.39 is 0 Å². The SMILES string of the molecule is COc1ccc(CN2C3CC2CN(c2ccc(-c4cc(NCC5CCOC5)cn5ncc(N)c45)cn2)C3)cn1. The Morgan fingerprint density at radius 2 is 2.00 bits per heavy atom. The highest BCUT2D eigenvalue weighted by atomic mass is 16.5. The third-order valence-electron chi connectivity index (χ3n) is 8.36. The molecule has 4 aromatic rings. The van der Waals surface area contributed by atoms with Crippen LogP contribution in [0.25, 0.3) is 16.6 Å². The van der Waals surface area contributed by atoms with Crippen molar-refractivity contribution in [3.8, 4) is 17.0 Å². The molecular weight excluding hydrogens is 492 g/mol. The number of hydrogen-bond acceptors (Lipinski definition) is 9. The van der Waals surface area contributed by atoms with Crippen LogP contribution in [0.5, 0.6) is 5.88 Å². The van der Waals surface area contributed by atoms with Crippen molar-refractivity contribution in [2.75, 3.05) is 55.9 Å². The van der Waals surface area contributed by atoms with Gasteiger partial charge >= 0.3 is 0 Å². The Labute approximate surface area is 227 Å². The second-order valence-corrected chi connectivity index (χ2v) is 10.9. The van der Waals surface area contributed by atoms with E-state index in [2.05, 4.69) is 49.5 Å². The van der Waals surface area contributed by atoms with Crippen LogP contribution in [-0.4, -0.2) is 76.5 Å². The molecule has 0 amide bonds. The highest BCUT2D eigenvalue weighted by Gasteiger charge is 2.44. The number of pyridine rings is 3. The molecule has 4 fully saturated rings. The first-order valence-corrected chi connectivity index (χ1v) is 13.7. The van der Waals surface area contributed by atoms with Crippen molar-refractivity contribution in [1.82, 2.24) is 24.5 Å². The van der Waals surface area contributed by atoms with E-state index >= 15 is 0 Å². The van der Waals surface area contributed by atoms with Gasteiger partial charge in [0, 0.05) is 80.4 Å². The van der Waals surface area contributed by atoms with E-state index in [-0.39, 0.29) is 0 Å². The van der Waals surface area contributed by atoms with Crippen molar-refractivity contribution < 1.29 is 9.47 Å². The maximum Gasteiger partial charge on any atom is 0.212 e. The van der Waals surface area contributed by atoms with Crippen LogP contribution >= 0.6 is 0 Å². The van der Waals surface area contributed by atoms with Gasteiger partial charge in [-0.15, -0.1) is 0 Å². The molecule has 4 saturated heterocycles. The number of hydrogen-bond donors (Lipinski definition) is 2. The van der Waals surface area contributed by atoms with Gasteiger partial charge in [-0.25, -0.2) is 14.5 Å². The Morgan fingerprint density at radius 1 is 1.10 bits per heavy atom. The molecule has 0 radical (unpaired) electrons. The summed E-state index contributed by atoms with van der Waals surface area (Å²) < 4.78 is 12.6. The zero-order valence-corrected chi connectivity index (χ0v) is 22.2. The Bertz CT molecular complexity index is 1440. The Kier molecular flexibility index (Phi) is 6.21. The summed E-state index contributed by atoms with van der Waals surface area (Å²) >= 11 is 0. The number of rotatable bonds is 8. The Balaban J connectivity index is 1.06. The van der Waals surface area contributed by atoms with E-state index in [0.717, 1.165) is 74.0 Å². The molecule has 8 heterocycles. The van der Waals surface area contributed by atoms with E-state index in [9.17, 15) is 0 Å². The second-order valence-electron chi connectivity index (χ2n) is 10.9. The fourth-order valence-electron chi connectivity index (χ4n) is 6.17. The summed E-state index contributed by atoms with van der Waals surface area (Å²) in [6.07, 6.45) is 9.93. The smallest absolute Gasteiger partial charge is 0.212 e. The number of nitrogens with zero attached hydrogens (tertiary/aromatic N) is 6. The quantitative estimate of drug-likeness (QED) is 0.358. The summed E-state index contributed by atoms with van der Waals surface area (Å²) in [7, 11) is 1.65. The van der Waals surface area contributed by atoms with Gasteiger partial charge in [-0.2, -0.15) is 5.10 Å². The third-order valence-corrected chi connectivity index (χ3v) is 8.36. The summed E-state index contributed by atoms with van der Waals surface area (Å²) in [5.41, 5.74) is 12.2. The van der Waals surface area contributed by atoms with E-state index in [0.29, 0.717) is 29.6 Å². The van der Waals surface area contributed by atoms with Crippen LogP contribution in [0, 0.1) is 5.92 Å². The number of nitrogens with two attached hydrogens (primary N) is 1. The first kappa shape index (κ1) is 24.2. The number of fused-ring (bicyclic) bond motifs is 3. The molecule has 3 atom stereocenters. The van der Waals surface area contributed by atoms with E-state index in [1.165, 1.54) is 12.0 Å². The minimum atomic E-state index is 0.534. The highest BCUT2D eigenvalue weighted by Crippen LogP contribution is 2.36. The Morgan fingerprint density at radius 3 is 2.72 bits per heavy atom. The van der Waals surface area contributed by atoms with Crippen LogP contribution in [0.3, 0.4) is 0 Å². The lowest BCUT2D eigenvalue weighted by molar-refractivity contribution is -0.00876. The molecule has 8 rings (SSSR count). The standard InChI is InChI=1S/C29H34N8O2/c1-38-28-5-2-19(10-33-28)14-36-23-9-24(36)17-35(16-23)27-4-3-21(12-32-27)25-8-22(31-11-20-6-7-39-18-20)15-37-29(25)26(30)13-34-37/h2-5,8,10,12-13,15,20,23-24,31H,6-7,9,11,14,16-18,30H2,1H3. The number of piperazine rings is 1. The predicted octanol–water partition coefficient (Wildman–Crippen LogP) is 3.29. The summed E-state index contributed by atoms with van der Waals surface area (Å²) in [5.74, 6) is 2.21. The third kappa shape index (κ3) is 4.63. The van der Waals surface area contributed by atoms with Crippen LogP contribution < -0.4 is 20.7 Å². The number of anilines is 3. The zero-order valence-electron chi connectivity index (χ0n) is 22.2. The molecule has 39 heavy (non-hydrogen) atoms.